The van der Waals surface area contributed by atoms with Crippen molar-refractivity contribution in [3.63, 3.8) is 0 Å². The van der Waals surface area contributed by atoms with E-state index in [-0.39, 0.29) is 0 Å². The summed E-state index contributed by atoms with van der Waals surface area (Å²) in [4.78, 5) is 4.25. The lowest BCUT2D eigenvalue weighted by Crippen LogP contribution is -2.01. The van der Waals surface area contributed by atoms with E-state index in [9.17, 15) is 0 Å². The van der Waals surface area contributed by atoms with Gasteiger partial charge in [-0.15, -0.1) is 0 Å². The van der Waals surface area contributed by atoms with Gasteiger partial charge in [-0.05, 0) is 13.8 Å². The third kappa shape index (κ3) is 2.53. The predicted molar refractivity (Wildman–Crippen MR) is 51.2 cm³/mol. The van der Waals surface area contributed by atoms with E-state index < -0.39 is 0 Å². The molecular formula is C8H14N2OS. The summed E-state index contributed by atoms with van der Waals surface area (Å²) in [6.07, 6.45) is 0. The Kier molecular flexibility index (Phi) is 3.62. The van der Waals surface area contributed by atoms with Crippen LogP contribution in [0.1, 0.15) is 17.3 Å². The number of oxazole rings is 1. The van der Waals surface area contributed by atoms with Crippen LogP contribution in [0.3, 0.4) is 0 Å². The van der Waals surface area contributed by atoms with Crippen LogP contribution in [-0.4, -0.2) is 17.3 Å². The summed E-state index contributed by atoms with van der Waals surface area (Å²) in [5, 5.41) is 0. The molecule has 0 aliphatic carbocycles. The van der Waals surface area contributed by atoms with Crippen molar-refractivity contribution in [1.29, 1.82) is 0 Å². The molecule has 1 heterocycles. The van der Waals surface area contributed by atoms with Gasteiger partial charge in [-0.2, -0.15) is 11.8 Å². The molecule has 68 valence electrons. The molecule has 0 aromatic carbocycles. The summed E-state index contributed by atoms with van der Waals surface area (Å²) in [7, 11) is 0. The van der Waals surface area contributed by atoms with Gasteiger partial charge in [0.15, 0.2) is 0 Å². The van der Waals surface area contributed by atoms with E-state index in [0.29, 0.717) is 6.54 Å². The number of hydrogen-bond donors (Lipinski definition) is 1. The molecule has 0 saturated carbocycles. The van der Waals surface area contributed by atoms with Crippen molar-refractivity contribution in [2.45, 2.75) is 19.6 Å². The van der Waals surface area contributed by atoms with Gasteiger partial charge < -0.3 is 10.2 Å². The summed E-state index contributed by atoms with van der Waals surface area (Å²) >= 11 is 1.75. The summed E-state index contributed by atoms with van der Waals surface area (Å²) in [6.45, 7) is 4.60. The molecule has 0 amide bonds. The highest BCUT2D eigenvalue weighted by molar-refractivity contribution is 7.98. The van der Waals surface area contributed by atoms with Crippen molar-refractivity contribution in [2.75, 3.05) is 12.3 Å². The van der Waals surface area contributed by atoms with Gasteiger partial charge >= 0.3 is 0 Å². The van der Waals surface area contributed by atoms with Gasteiger partial charge in [0.2, 0.25) is 5.89 Å². The van der Waals surface area contributed by atoms with Crippen LogP contribution in [0.5, 0.6) is 0 Å². The molecule has 0 aliphatic heterocycles. The Morgan fingerprint density at radius 2 is 2.25 bits per heavy atom. The third-order valence-electron chi connectivity index (χ3n) is 1.56. The Balaban J connectivity index is 2.42. The van der Waals surface area contributed by atoms with Crippen molar-refractivity contribution in [2.24, 2.45) is 5.73 Å². The van der Waals surface area contributed by atoms with Crippen LogP contribution in [0.2, 0.25) is 0 Å². The highest BCUT2D eigenvalue weighted by Crippen LogP contribution is 2.14. The average Bonchev–Trinajstić information content (AvgIpc) is 2.32. The molecule has 0 unspecified atom stereocenters. The van der Waals surface area contributed by atoms with Crippen molar-refractivity contribution in [3.8, 4) is 0 Å². The van der Waals surface area contributed by atoms with Gasteiger partial charge in [-0.3, -0.25) is 0 Å². The molecule has 12 heavy (non-hydrogen) atoms. The fraction of sp³-hybridized carbons (Fsp3) is 0.625. The van der Waals surface area contributed by atoms with Crippen LogP contribution >= 0.6 is 11.8 Å². The molecule has 1 rings (SSSR count). The summed E-state index contributed by atoms with van der Waals surface area (Å²) < 4.78 is 5.39. The van der Waals surface area contributed by atoms with E-state index in [1.165, 1.54) is 0 Å². The Morgan fingerprint density at radius 3 is 2.75 bits per heavy atom. The maximum Gasteiger partial charge on any atom is 0.204 e. The zero-order valence-electron chi connectivity index (χ0n) is 7.46. The maximum absolute atomic E-state index is 5.39. The number of thioether (sulfide) groups is 1. The molecule has 0 aliphatic rings. The molecule has 0 atom stereocenters. The summed E-state index contributed by atoms with van der Waals surface area (Å²) in [5.41, 5.74) is 6.34. The first kappa shape index (κ1) is 9.61. The number of hydrogen-bond acceptors (Lipinski definition) is 4. The number of nitrogens with two attached hydrogens (primary N) is 1. The minimum Gasteiger partial charge on any atom is -0.445 e. The van der Waals surface area contributed by atoms with Gasteiger partial charge in [-0.25, -0.2) is 4.98 Å². The standard InChI is InChI=1S/C8H14N2OS/c1-6-7(2)11-8(10-6)5-12-4-3-9/h3-5,9H2,1-2H3. The topological polar surface area (TPSA) is 52.0 Å². The number of rotatable bonds is 4. The fourth-order valence-corrected chi connectivity index (χ4v) is 1.45. The van der Waals surface area contributed by atoms with Crippen LogP contribution < -0.4 is 5.73 Å². The Labute approximate surface area is 76.7 Å². The van der Waals surface area contributed by atoms with Gasteiger partial charge in [0, 0.05) is 12.3 Å². The van der Waals surface area contributed by atoms with Crippen molar-refractivity contribution < 1.29 is 4.42 Å². The van der Waals surface area contributed by atoms with Gasteiger partial charge in [0.25, 0.3) is 0 Å². The molecule has 1 aromatic rings. The SMILES string of the molecule is Cc1nc(CSCCN)oc1C. The van der Waals surface area contributed by atoms with Crippen LogP contribution in [0.15, 0.2) is 4.42 Å². The van der Waals surface area contributed by atoms with Crippen molar-refractivity contribution in [1.82, 2.24) is 4.98 Å². The Hall–Kier alpha value is -0.480. The van der Waals surface area contributed by atoms with E-state index in [2.05, 4.69) is 4.98 Å². The van der Waals surface area contributed by atoms with Crippen LogP contribution in [0.25, 0.3) is 0 Å². The van der Waals surface area contributed by atoms with E-state index in [0.717, 1.165) is 28.9 Å². The zero-order chi connectivity index (χ0) is 8.97. The average molecular weight is 186 g/mol. The summed E-state index contributed by atoms with van der Waals surface area (Å²) in [6, 6.07) is 0. The second-order valence-corrected chi connectivity index (χ2v) is 3.70. The first-order valence-electron chi connectivity index (χ1n) is 3.94. The molecule has 0 saturated heterocycles. The Morgan fingerprint density at radius 1 is 1.50 bits per heavy atom. The number of aromatic nitrogens is 1. The molecule has 0 radical (unpaired) electrons. The van der Waals surface area contributed by atoms with Crippen LogP contribution in [0, 0.1) is 13.8 Å². The third-order valence-corrected chi connectivity index (χ3v) is 2.54. The zero-order valence-corrected chi connectivity index (χ0v) is 8.28. The van der Waals surface area contributed by atoms with Crippen LogP contribution in [-0.2, 0) is 5.75 Å². The minimum absolute atomic E-state index is 0.712. The molecule has 1 aromatic heterocycles. The van der Waals surface area contributed by atoms with Gasteiger partial charge in [0.1, 0.15) is 5.76 Å². The molecule has 3 nitrogen and oxygen atoms in total. The number of aryl methyl sites for hydroxylation is 2. The lowest BCUT2D eigenvalue weighted by molar-refractivity contribution is 0.489. The predicted octanol–water partition coefficient (Wildman–Crippen LogP) is 1.48. The number of nitrogens with zero attached hydrogens (tertiary/aromatic N) is 1. The minimum atomic E-state index is 0.712. The van der Waals surface area contributed by atoms with E-state index >= 15 is 0 Å². The normalized spacial score (nSPS) is 10.6. The van der Waals surface area contributed by atoms with Crippen LogP contribution in [0.4, 0.5) is 0 Å². The molecular weight excluding hydrogens is 172 g/mol. The highest BCUT2D eigenvalue weighted by Gasteiger charge is 2.04. The molecule has 0 bridgehead atoms. The molecule has 0 spiro atoms. The second-order valence-electron chi connectivity index (χ2n) is 2.59. The van der Waals surface area contributed by atoms with Gasteiger partial charge in [0.05, 0.1) is 11.4 Å². The van der Waals surface area contributed by atoms with Gasteiger partial charge in [-0.1, -0.05) is 0 Å². The first-order chi connectivity index (χ1) is 5.74. The lowest BCUT2D eigenvalue weighted by Gasteiger charge is -1.93. The monoisotopic (exact) mass is 186 g/mol. The quantitative estimate of drug-likeness (QED) is 0.724. The molecule has 0 fully saturated rings. The largest absolute Gasteiger partial charge is 0.445 e. The highest BCUT2D eigenvalue weighted by atomic mass is 32.2. The molecule has 4 heteroatoms. The fourth-order valence-electron chi connectivity index (χ4n) is 0.844. The lowest BCUT2D eigenvalue weighted by atomic mass is 10.4. The summed E-state index contributed by atoms with van der Waals surface area (Å²) in [5.74, 6) is 3.51. The van der Waals surface area contributed by atoms with Crippen molar-refractivity contribution in [3.05, 3.63) is 17.3 Å². The second kappa shape index (κ2) is 4.52. The smallest absolute Gasteiger partial charge is 0.204 e. The van der Waals surface area contributed by atoms with E-state index in [4.69, 9.17) is 10.2 Å². The van der Waals surface area contributed by atoms with Crippen molar-refractivity contribution >= 4 is 11.8 Å². The maximum atomic E-state index is 5.39. The van der Waals surface area contributed by atoms with E-state index in [1.54, 1.807) is 11.8 Å². The van der Waals surface area contributed by atoms with E-state index in [1.807, 2.05) is 13.8 Å². The molecule has 2 N–H and O–H groups in total. The Bertz CT molecular complexity index is 228. The first-order valence-corrected chi connectivity index (χ1v) is 5.10.